The molecule has 0 unspecified atom stereocenters. The second-order valence-electron chi connectivity index (χ2n) is 4.73. The van der Waals surface area contributed by atoms with Gasteiger partial charge in [0.2, 0.25) is 0 Å². The van der Waals surface area contributed by atoms with Gasteiger partial charge in [0.1, 0.15) is 11.4 Å². The fourth-order valence-corrected chi connectivity index (χ4v) is 3.35. The third-order valence-electron chi connectivity index (χ3n) is 2.95. The molecule has 0 saturated heterocycles. The van der Waals surface area contributed by atoms with E-state index >= 15 is 0 Å². The first-order valence-electron chi connectivity index (χ1n) is 6.57. The van der Waals surface area contributed by atoms with Crippen LogP contribution in [-0.4, -0.2) is 21.7 Å². The molecule has 1 N–H and O–H groups in total. The van der Waals surface area contributed by atoms with Gasteiger partial charge in [-0.2, -0.15) is 0 Å². The minimum Gasteiger partial charge on any atom is -0.406 e. The molecule has 0 spiro atoms. The number of halogens is 4. The SMILES string of the molecule is O=C(NCc1cccc(OC(F)(F)F)c1)c1cn2cc(Br)sc2n1. The smallest absolute Gasteiger partial charge is 0.406 e. The van der Waals surface area contributed by atoms with Crippen LogP contribution in [0.5, 0.6) is 5.75 Å². The van der Waals surface area contributed by atoms with E-state index in [1.807, 2.05) is 0 Å². The topological polar surface area (TPSA) is 55.6 Å². The number of nitrogens with zero attached hydrogens (tertiary/aromatic N) is 2. The maximum Gasteiger partial charge on any atom is 0.573 e. The fraction of sp³-hybridized carbons (Fsp3) is 0.143. The normalized spacial score (nSPS) is 11.7. The van der Waals surface area contributed by atoms with E-state index in [0.29, 0.717) is 10.5 Å². The summed E-state index contributed by atoms with van der Waals surface area (Å²) in [5.74, 6) is -0.745. The molecular weight excluding hydrogens is 411 g/mol. The summed E-state index contributed by atoms with van der Waals surface area (Å²) < 4.78 is 43.0. The highest BCUT2D eigenvalue weighted by molar-refractivity contribution is 9.11. The van der Waals surface area contributed by atoms with Gasteiger partial charge < -0.3 is 10.1 Å². The number of benzene rings is 1. The van der Waals surface area contributed by atoms with E-state index in [1.165, 1.54) is 29.5 Å². The average molecular weight is 420 g/mol. The number of imidazole rings is 1. The lowest BCUT2D eigenvalue weighted by molar-refractivity contribution is -0.274. The first-order chi connectivity index (χ1) is 11.3. The summed E-state index contributed by atoms with van der Waals surface area (Å²) in [5, 5.41) is 2.61. The second-order valence-corrected chi connectivity index (χ2v) is 7.12. The molecule has 24 heavy (non-hydrogen) atoms. The number of rotatable bonds is 4. The van der Waals surface area contributed by atoms with E-state index in [0.717, 1.165) is 3.79 Å². The molecule has 3 rings (SSSR count). The highest BCUT2D eigenvalue weighted by atomic mass is 79.9. The molecule has 0 aliphatic heterocycles. The molecule has 0 atom stereocenters. The van der Waals surface area contributed by atoms with Crippen molar-refractivity contribution in [1.82, 2.24) is 14.7 Å². The molecule has 3 aromatic rings. The number of nitrogens with one attached hydrogen (secondary N) is 1. The number of aromatic nitrogens is 2. The molecule has 0 saturated carbocycles. The van der Waals surface area contributed by atoms with Crippen LogP contribution in [-0.2, 0) is 6.54 Å². The van der Waals surface area contributed by atoms with Crippen LogP contribution in [0.25, 0.3) is 4.96 Å². The lowest BCUT2D eigenvalue weighted by Gasteiger charge is -2.10. The van der Waals surface area contributed by atoms with Gasteiger partial charge in [-0.25, -0.2) is 4.98 Å². The van der Waals surface area contributed by atoms with Crippen LogP contribution < -0.4 is 10.1 Å². The third kappa shape index (κ3) is 4.06. The number of hydrogen-bond donors (Lipinski definition) is 1. The van der Waals surface area contributed by atoms with E-state index in [4.69, 9.17) is 0 Å². The molecule has 5 nitrogen and oxygen atoms in total. The number of hydrogen-bond acceptors (Lipinski definition) is 4. The van der Waals surface area contributed by atoms with Crippen LogP contribution in [0.1, 0.15) is 16.1 Å². The molecule has 2 heterocycles. The largest absolute Gasteiger partial charge is 0.573 e. The van der Waals surface area contributed by atoms with Crippen molar-refractivity contribution in [2.45, 2.75) is 12.9 Å². The number of carbonyl (C=O) groups excluding carboxylic acids is 1. The maximum absolute atomic E-state index is 12.2. The monoisotopic (exact) mass is 419 g/mol. The Hall–Kier alpha value is -2.07. The molecule has 0 aliphatic rings. The van der Waals surface area contributed by atoms with E-state index in [1.54, 1.807) is 22.9 Å². The lowest BCUT2D eigenvalue weighted by Crippen LogP contribution is -2.23. The summed E-state index contributed by atoms with van der Waals surface area (Å²) in [4.78, 5) is 16.9. The Morgan fingerprint density at radius 3 is 2.88 bits per heavy atom. The van der Waals surface area contributed by atoms with Crippen molar-refractivity contribution in [2.75, 3.05) is 0 Å². The number of thiazole rings is 1. The average Bonchev–Trinajstić information content (AvgIpc) is 3.00. The zero-order chi connectivity index (χ0) is 17.3. The van der Waals surface area contributed by atoms with Crippen LogP contribution in [0.2, 0.25) is 0 Å². The van der Waals surface area contributed by atoms with E-state index in [-0.39, 0.29) is 18.0 Å². The molecule has 2 aromatic heterocycles. The molecular formula is C14H9BrF3N3O2S. The van der Waals surface area contributed by atoms with Gasteiger partial charge in [-0.15, -0.1) is 13.2 Å². The molecule has 1 aromatic carbocycles. The standard InChI is InChI=1S/C14H9BrF3N3O2S/c15-11-7-21-6-10(20-13(21)24-11)12(22)19-5-8-2-1-3-9(4-8)23-14(16,17)18/h1-4,6-7H,5H2,(H,19,22). The Morgan fingerprint density at radius 1 is 1.38 bits per heavy atom. The van der Waals surface area contributed by atoms with Crippen molar-refractivity contribution in [2.24, 2.45) is 0 Å². The van der Waals surface area contributed by atoms with Crippen molar-refractivity contribution < 1.29 is 22.7 Å². The Labute approximate surface area is 146 Å². The molecule has 0 radical (unpaired) electrons. The summed E-state index contributed by atoms with van der Waals surface area (Å²) >= 11 is 4.70. The number of amides is 1. The fourth-order valence-electron chi connectivity index (χ4n) is 2.00. The van der Waals surface area contributed by atoms with Crippen molar-refractivity contribution >= 4 is 38.1 Å². The Morgan fingerprint density at radius 2 is 2.17 bits per heavy atom. The Balaban J connectivity index is 1.65. The van der Waals surface area contributed by atoms with Crippen LogP contribution >= 0.6 is 27.3 Å². The van der Waals surface area contributed by atoms with Crippen molar-refractivity contribution in [3.05, 3.63) is 51.7 Å². The number of fused-ring (bicyclic) bond motifs is 1. The van der Waals surface area contributed by atoms with Crippen LogP contribution in [0.3, 0.4) is 0 Å². The summed E-state index contributed by atoms with van der Waals surface area (Å²) in [6.07, 6.45) is -1.39. The quantitative estimate of drug-likeness (QED) is 0.695. The van der Waals surface area contributed by atoms with Gasteiger partial charge in [-0.1, -0.05) is 23.5 Å². The highest BCUT2D eigenvalue weighted by Crippen LogP contribution is 2.24. The van der Waals surface area contributed by atoms with E-state index < -0.39 is 12.3 Å². The Kier molecular flexibility index (Phi) is 4.50. The predicted octanol–water partition coefficient (Wildman–Crippen LogP) is 3.99. The molecule has 1 amide bonds. The number of alkyl halides is 3. The molecule has 0 fully saturated rings. The van der Waals surface area contributed by atoms with Gasteiger partial charge >= 0.3 is 6.36 Å². The maximum atomic E-state index is 12.2. The van der Waals surface area contributed by atoms with Crippen LogP contribution in [0.15, 0.2) is 40.4 Å². The lowest BCUT2D eigenvalue weighted by atomic mass is 10.2. The van der Waals surface area contributed by atoms with E-state index in [9.17, 15) is 18.0 Å². The van der Waals surface area contributed by atoms with Gasteiger partial charge in [0.25, 0.3) is 5.91 Å². The molecule has 10 heteroatoms. The first-order valence-corrected chi connectivity index (χ1v) is 8.18. The van der Waals surface area contributed by atoms with Crippen LogP contribution in [0, 0.1) is 0 Å². The number of carbonyl (C=O) groups is 1. The summed E-state index contributed by atoms with van der Waals surface area (Å²) in [7, 11) is 0. The van der Waals surface area contributed by atoms with E-state index in [2.05, 4.69) is 31.0 Å². The van der Waals surface area contributed by atoms with Crippen molar-refractivity contribution in [3.63, 3.8) is 0 Å². The van der Waals surface area contributed by atoms with Crippen molar-refractivity contribution in [1.29, 1.82) is 0 Å². The van der Waals surface area contributed by atoms with Gasteiger partial charge in [0, 0.05) is 18.9 Å². The van der Waals surface area contributed by atoms with Gasteiger partial charge in [0.15, 0.2) is 4.96 Å². The zero-order valence-electron chi connectivity index (χ0n) is 11.8. The minimum atomic E-state index is -4.75. The van der Waals surface area contributed by atoms with Gasteiger partial charge in [0.05, 0.1) is 3.79 Å². The summed E-state index contributed by atoms with van der Waals surface area (Å²) in [6.45, 7) is 0.0583. The molecule has 0 aliphatic carbocycles. The van der Waals surface area contributed by atoms with Gasteiger partial charge in [-0.05, 0) is 33.6 Å². The number of ether oxygens (including phenoxy) is 1. The molecule has 0 bridgehead atoms. The zero-order valence-corrected chi connectivity index (χ0v) is 14.2. The third-order valence-corrected chi connectivity index (χ3v) is 4.42. The highest BCUT2D eigenvalue weighted by Gasteiger charge is 2.31. The molecule has 126 valence electrons. The first kappa shape index (κ1) is 16.8. The van der Waals surface area contributed by atoms with Gasteiger partial charge in [-0.3, -0.25) is 9.20 Å². The summed E-state index contributed by atoms with van der Waals surface area (Å²) in [6, 6.07) is 5.43. The van der Waals surface area contributed by atoms with Crippen LogP contribution in [0.4, 0.5) is 13.2 Å². The predicted molar refractivity (Wildman–Crippen MR) is 85.1 cm³/mol. The Bertz CT molecular complexity index is 859. The summed E-state index contributed by atoms with van der Waals surface area (Å²) in [5.41, 5.74) is 0.713. The minimum absolute atomic E-state index is 0.0583. The van der Waals surface area contributed by atoms with Crippen molar-refractivity contribution in [3.8, 4) is 5.75 Å². The second kappa shape index (κ2) is 6.44.